The van der Waals surface area contributed by atoms with E-state index in [9.17, 15) is 8.42 Å². The number of sulfonamides is 1. The zero-order chi connectivity index (χ0) is 13.0. The highest BCUT2D eigenvalue weighted by Crippen LogP contribution is 2.12. The maximum absolute atomic E-state index is 11.9. The second kappa shape index (κ2) is 5.60. The van der Waals surface area contributed by atoms with Gasteiger partial charge in [-0.2, -0.15) is 0 Å². The number of hydrogen-bond donors (Lipinski definition) is 1. The fraction of sp³-hybridized carbons (Fsp3) is 0.250. The molecule has 0 fully saturated rings. The van der Waals surface area contributed by atoms with Crippen LogP contribution in [0.2, 0.25) is 0 Å². The monoisotopic (exact) mass is 282 g/mol. The maximum Gasteiger partial charge on any atom is 0.240 e. The Kier molecular flexibility index (Phi) is 4.11. The summed E-state index contributed by atoms with van der Waals surface area (Å²) in [7, 11) is -3.39. The SMILES string of the molecule is Cc1ncc(CCNS(=O)(=O)c2ccccc2)s1. The van der Waals surface area contributed by atoms with Gasteiger partial charge >= 0.3 is 0 Å². The molecule has 0 amide bonds. The number of nitrogens with zero attached hydrogens (tertiary/aromatic N) is 1. The topological polar surface area (TPSA) is 59.1 Å². The third-order valence-corrected chi connectivity index (χ3v) is 4.84. The quantitative estimate of drug-likeness (QED) is 0.912. The Labute approximate surface area is 111 Å². The van der Waals surface area contributed by atoms with E-state index in [0.29, 0.717) is 17.9 Å². The Bertz CT molecular complexity index is 606. The summed E-state index contributed by atoms with van der Waals surface area (Å²) in [5.74, 6) is 0. The molecule has 2 rings (SSSR count). The number of hydrogen-bond acceptors (Lipinski definition) is 4. The first kappa shape index (κ1) is 13.2. The van der Waals surface area contributed by atoms with Crippen LogP contribution in [0.4, 0.5) is 0 Å². The zero-order valence-corrected chi connectivity index (χ0v) is 11.6. The third-order valence-electron chi connectivity index (χ3n) is 2.39. The molecule has 0 unspecified atom stereocenters. The molecule has 1 heterocycles. The van der Waals surface area contributed by atoms with Crippen molar-refractivity contribution in [2.24, 2.45) is 0 Å². The number of rotatable bonds is 5. The minimum absolute atomic E-state index is 0.297. The van der Waals surface area contributed by atoms with Gasteiger partial charge in [0.05, 0.1) is 9.90 Å². The van der Waals surface area contributed by atoms with E-state index in [4.69, 9.17) is 0 Å². The van der Waals surface area contributed by atoms with Crippen LogP contribution in [0.25, 0.3) is 0 Å². The molecular weight excluding hydrogens is 268 g/mol. The van der Waals surface area contributed by atoms with Crippen LogP contribution in [0.5, 0.6) is 0 Å². The van der Waals surface area contributed by atoms with E-state index in [-0.39, 0.29) is 0 Å². The van der Waals surface area contributed by atoms with Gasteiger partial charge in [-0.25, -0.2) is 18.1 Å². The second-order valence-electron chi connectivity index (χ2n) is 3.81. The van der Waals surface area contributed by atoms with E-state index in [0.717, 1.165) is 9.88 Å². The molecule has 0 bridgehead atoms. The Hall–Kier alpha value is -1.24. The summed E-state index contributed by atoms with van der Waals surface area (Å²) in [6.45, 7) is 2.32. The zero-order valence-electron chi connectivity index (χ0n) is 9.96. The molecule has 6 heteroatoms. The molecule has 2 aromatic rings. The predicted octanol–water partition coefficient (Wildman–Crippen LogP) is 1.97. The average molecular weight is 282 g/mol. The Morgan fingerprint density at radius 1 is 1.28 bits per heavy atom. The van der Waals surface area contributed by atoms with Crippen LogP contribution in [0.15, 0.2) is 41.4 Å². The predicted molar refractivity (Wildman–Crippen MR) is 72.2 cm³/mol. The third kappa shape index (κ3) is 3.38. The summed E-state index contributed by atoms with van der Waals surface area (Å²) < 4.78 is 26.4. The number of aromatic nitrogens is 1. The molecule has 96 valence electrons. The molecule has 0 aliphatic heterocycles. The number of thiazole rings is 1. The molecule has 1 N–H and O–H groups in total. The van der Waals surface area contributed by atoms with Crippen molar-refractivity contribution in [2.45, 2.75) is 18.2 Å². The molecule has 4 nitrogen and oxygen atoms in total. The van der Waals surface area contributed by atoms with Gasteiger partial charge in [0.15, 0.2) is 0 Å². The highest BCUT2D eigenvalue weighted by Gasteiger charge is 2.12. The van der Waals surface area contributed by atoms with Gasteiger partial charge in [-0.15, -0.1) is 11.3 Å². The van der Waals surface area contributed by atoms with E-state index in [1.807, 2.05) is 6.92 Å². The van der Waals surface area contributed by atoms with Crippen molar-refractivity contribution in [3.05, 3.63) is 46.4 Å². The van der Waals surface area contributed by atoms with E-state index >= 15 is 0 Å². The molecule has 1 aromatic heterocycles. The molecule has 0 aliphatic carbocycles. The van der Waals surface area contributed by atoms with Crippen molar-refractivity contribution in [1.82, 2.24) is 9.71 Å². The van der Waals surface area contributed by atoms with Crippen LogP contribution in [0.3, 0.4) is 0 Å². The van der Waals surface area contributed by atoms with Gasteiger partial charge in [-0.1, -0.05) is 18.2 Å². The van der Waals surface area contributed by atoms with Gasteiger partial charge < -0.3 is 0 Å². The molecule has 0 saturated carbocycles. The molecule has 0 atom stereocenters. The lowest BCUT2D eigenvalue weighted by Crippen LogP contribution is -2.25. The normalized spacial score (nSPS) is 11.6. The summed E-state index contributed by atoms with van der Waals surface area (Å²) in [5.41, 5.74) is 0. The Morgan fingerprint density at radius 2 is 2.00 bits per heavy atom. The van der Waals surface area contributed by atoms with Crippen LogP contribution in [0.1, 0.15) is 9.88 Å². The van der Waals surface area contributed by atoms with Crippen LogP contribution in [-0.4, -0.2) is 19.9 Å². The molecule has 18 heavy (non-hydrogen) atoms. The molecule has 0 radical (unpaired) electrons. The van der Waals surface area contributed by atoms with Crippen molar-refractivity contribution >= 4 is 21.4 Å². The van der Waals surface area contributed by atoms with Gasteiger partial charge in [0.1, 0.15) is 0 Å². The highest BCUT2D eigenvalue weighted by atomic mass is 32.2. The van der Waals surface area contributed by atoms with Gasteiger partial charge in [0.25, 0.3) is 0 Å². The number of aryl methyl sites for hydroxylation is 1. The largest absolute Gasteiger partial charge is 0.250 e. The van der Waals surface area contributed by atoms with Crippen molar-refractivity contribution < 1.29 is 8.42 Å². The highest BCUT2D eigenvalue weighted by molar-refractivity contribution is 7.89. The van der Waals surface area contributed by atoms with Crippen LogP contribution in [0, 0.1) is 6.92 Å². The fourth-order valence-corrected chi connectivity index (χ4v) is 3.36. The first-order valence-corrected chi connectivity index (χ1v) is 7.84. The van der Waals surface area contributed by atoms with Gasteiger partial charge in [-0.05, 0) is 25.5 Å². The second-order valence-corrected chi connectivity index (χ2v) is 6.89. The van der Waals surface area contributed by atoms with Crippen molar-refractivity contribution in [3.8, 4) is 0 Å². The standard InChI is InChI=1S/C12H14N2O2S2/c1-10-13-9-11(17-10)7-8-14-18(15,16)12-5-3-2-4-6-12/h2-6,9,14H,7-8H2,1H3. The molecular formula is C12H14N2O2S2. The van der Waals surface area contributed by atoms with Crippen LogP contribution >= 0.6 is 11.3 Å². The minimum Gasteiger partial charge on any atom is -0.250 e. The smallest absolute Gasteiger partial charge is 0.240 e. The maximum atomic E-state index is 11.9. The summed E-state index contributed by atoms with van der Waals surface area (Å²) in [6, 6.07) is 8.37. The van der Waals surface area contributed by atoms with Gasteiger partial charge in [0, 0.05) is 17.6 Å². The van der Waals surface area contributed by atoms with E-state index in [2.05, 4.69) is 9.71 Å². The molecule has 1 aromatic carbocycles. The van der Waals surface area contributed by atoms with Crippen molar-refractivity contribution in [1.29, 1.82) is 0 Å². The van der Waals surface area contributed by atoms with Crippen LogP contribution < -0.4 is 4.72 Å². The average Bonchev–Trinajstić information content (AvgIpc) is 2.76. The van der Waals surface area contributed by atoms with Gasteiger partial charge in [0.2, 0.25) is 10.0 Å². The van der Waals surface area contributed by atoms with Gasteiger partial charge in [-0.3, -0.25) is 0 Å². The summed E-state index contributed by atoms with van der Waals surface area (Å²) in [4.78, 5) is 5.51. The summed E-state index contributed by atoms with van der Waals surface area (Å²) in [5, 5.41) is 0.996. The summed E-state index contributed by atoms with van der Waals surface area (Å²) in [6.07, 6.45) is 2.45. The summed E-state index contributed by atoms with van der Waals surface area (Å²) >= 11 is 1.59. The number of benzene rings is 1. The Morgan fingerprint density at radius 3 is 2.61 bits per heavy atom. The van der Waals surface area contributed by atoms with E-state index in [1.54, 1.807) is 47.9 Å². The molecule has 0 saturated heterocycles. The number of nitrogens with one attached hydrogen (secondary N) is 1. The lowest BCUT2D eigenvalue weighted by molar-refractivity contribution is 0.582. The Balaban J connectivity index is 1.94. The minimum atomic E-state index is -3.39. The van der Waals surface area contributed by atoms with Crippen molar-refractivity contribution in [2.75, 3.05) is 6.54 Å². The lowest BCUT2D eigenvalue weighted by Gasteiger charge is -2.05. The van der Waals surface area contributed by atoms with E-state index in [1.165, 1.54) is 0 Å². The lowest BCUT2D eigenvalue weighted by atomic mass is 10.4. The first-order chi connectivity index (χ1) is 8.58. The van der Waals surface area contributed by atoms with Crippen molar-refractivity contribution in [3.63, 3.8) is 0 Å². The van der Waals surface area contributed by atoms with E-state index < -0.39 is 10.0 Å². The molecule has 0 spiro atoms. The van der Waals surface area contributed by atoms with Crippen LogP contribution in [-0.2, 0) is 16.4 Å². The molecule has 0 aliphatic rings. The fourth-order valence-electron chi connectivity index (χ4n) is 1.51. The first-order valence-electron chi connectivity index (χ1n) is 5.54.